The summed E-state index contributed by atoms with van der Waals surface area (Å²) in [7, 11) is 0. The van der Waals surface area contributed by atoms with Crippen molar-refractivity contribution in [2.24, 2.45) is 11.3 Å². The van der Waals surface area contributed by atoms with Gasteiger partial charge in [-0.25, -0.2) is 9.37 Å². The molecule has 0 radical (unpaired) electrons. The fourth-order valence-electron chi connectivity index (χ4n) is 5.19. The summed E-state index contributed by atoms with van der Waals surface area (Å²) in [6, 6.07) is 10.5. The maximum absolute atomic E-state index is 13.8. The van der Waals surface area contributed by atoms with Crippen molar-refractivity contribution in [3.05, 3.63) is 70.9 Å². The Bertz CT molecular complexity index is 1070. The Labute approximate surface area is 174 Å². The van der Waals surface area contributed by atoms with Gasteiger partial charge in [-0.3, -0.25) is 9.78 Å². The highest BCUT2D eigenvalue weighted by atomic mass is 35.5. The molecule has 0 unspecified atom stereocenters. The second kappa shape index (κ2) is 7.17. The van der Waals surface area contributed by atoms with Gasteiger partial charge in [-0.2, -0.15) is 0 Å². The standard InChI is InChI=1S/C24H22ClFN2O/c25-23-4-1-15(14-28-23)11-22(29)20-13-24(20)8-5-16(6-9-24)18-7-10-27-21-3-2-17(26)12-19(18)21/h1-4,7,10,12,14,16,20H,5-6,8-9,11,13H2/t16?,20-,24?/m1/s1. The Morgan fingerprint density at radius 3 is 2.72 bits per heavy atom. The molecule has 0 aliphatic heterocycles. The van der Waals surface area contributed by atoms with Crippen molar-refractivity contribution >= 4 is 28.3 Å². The van der Waals surface area contributed by atoms with E-state index in [1.165, 1.54) is 11.6 Å². The molecule has 0 bridgehead atoms. The molecule has 2 aliphatic carbocycles. The van der Waals surface area contributed by atoms with E-state index in [-0.39, 0.29) is 17.2 Å². The zero-order valence-corrected chi connectivity index (χ0v) is 16.8. The zero-order chi connectivity index (χ0) is 20.0. The first-order valence-corrected chi connectivity index (χ1v) is 10.6. The molecule has 2 saturated carbocycles. The lowest BCUT2D eigenvalue weighted by Gasteiger charge is -2.30. The van der Waals surface area contributed by atoms with Gasteiger partial charge < -0.3 is 0 Å². The maximum atomic E-state index is 13.8. The largest absolute Gasteiger partial charge is 0.299 e. The van der Waals surface area contributed by atoms with E-state index in [0.717, 1.165) is 48.6 Å². The van der Waals surface area contributed by atoms with Gasteiger partial charge >= 0.3 is 0 Å². The average molecular weight is 409 g/mol. The predicted molar refractivity (Wildman–Crippen MR) is 111 cm³/mol. The van der Waals surface area contributed by atoms with Gasteiger partial charge in [0, 0.05) is 30.1 Å². The summed E-state index contributed by atoms with van der Waals surface area (Å²) in [5.74, 6) is 0.683. The highest BCUT2D eigenvalue weighted by Gasteiger charge is 2.57. The number of nitrogens with zero attached hydrogens (tertiary/aromatic N) is 2. The molecule has 148 valence electrons. The topological polar surface area (TPSA) is 42.9 Å². The fourth-order valence-corrected chi connectivity index (χ4v) is 5.30. The van der Waals surface area contributed by atoms with Crippen LogP contribution in [0.2, 0.25) is 5.15 Å². The van der Waals surface area contributed by atoms with E-state index in [1.807, 2.05) is 18.3 Å². The van der Waals surface area contributed by atoms with Crippen molar-refractivity contribution in [2.75, 3.05) is 0 Å². The molecule has 5 rings (SSSR count). The zero-order valence-electron chi connectivity index (χ0n) is 16.1. The molecule has 3 nitrogen and oxygen atoms in total. The summed E-state index contributed by atoms with van der Waals surface area (Å²) in [5, 5.41) is 1.37. The summed E-state index contributed by atoms with van der Waals surface area (Å²) in [4.78, 5) is 21.2. The third-order valence-electron chi connectivity index (χ3n) is 6.90. The van der Waals surface area contributed by atoms with E-state index >= 15 is 0 Å². The van der Waals surface area contributed by atoms with Gasteiger partial charge in [-0.05, 0) is 84.9 Å². The van der Waals surface area contributed by atoms with Crippen molar-refractivity contribution < 1.29 is 9.18 Å². The smallest absolute Gasteiger partial charge is 0.140 e. The summed E-state index contributed by atoms with van der Waals surface area (Å²) in [5.41, 5.74) is 3.16. The van der Waals surface area contributed by atoms with Crippen LogP contribution in [0.4, 0.5) is 4.39 Å². The molecule has 0 N–H and O–H groups in total. The van der Waals surface area contributed by atoms with Gasteiger partial charge in [0.1, 0.15) is 16.8 Å². The van der Waals surface area contributed by atoms with Crippen LogP contribution in [0, 0.1) is 17.2 Å². The maximum Gasteiger partial charge on any atom is 0.140 e. The molecule has 1 aromatic carbocycles. The lowest BCUT2D eigenvalue weighted by Crippen LogP contribution is -2.20. The molecule has 2 aromatic heterocycles. The van der Waals surface area contributed by atoms with Crippen LogP contribution < -0.4 is 0 Å². The van der Waals surface area contributed by atoms with E-state index in [1.54, 1.807) is 24.4 Å². The number of Topliss-reactive ketones (excluding diaryl/α,β-unsaturated/α-hetero) is 1. The number of ketones is 1. The molecule has 5 heteroatoms. The van der Waals surface area contributed by atoms with Gasteiger partial charge in [0.25, 0.3) is 0 Å². The summed E-state index contributed by atoms with van der Waals surface area (Å²) >= 11 is 5.83. The average Bonchev–Trinajstić information content (AvgIpc) is 3.43. The lowest BCUT2D eigenvalue weighted by atomic mass is 9.74. The Hall–Kier alpha value is -2.33. The van der Waals surface area contributed by atoms with Gasteiger partial charge in [-0.15, -0.1) is 0 Å². The highest BCUT2D eigenvalue weighted by Crippen LogP contribution is 2.63. The molecular weight excluding hydrogens is 387 g/mol. The first-order valence-electron chi connectivity index (χ1n) is 10.2. The summed E-state index contributed by atoms with van der Waals surface area (Å²) in [6.45, 7) is 0. The van der Waals surface area contributed by atoms with Gasteiger partial charge in [-0.1, -0.05) is 17.7 Å². The minimum absolute atomic E-state index is 0.172. The minimum atomic E-state index is -0.219. The SMILES string of the molecule is O=C(Cc1ccc(Cl)nc1)[C@H]1CC12CCC(c1ccnc3ccc(F)cc13)CC2. The second-order valence-electron chi connectivity index (χ2n) is 8.59. The van der Waals surface area contributed by atoms with E-state index in [4.69, 9.17) is 11.6 Å². The molecule has 3 aromatic rings. The molecule has 29 heavy (non-hydrogen) atoms. The molecule has 2 aliphatic rings. The van der Waals surface area contributed by atoms with E-state index in [0.29, 0.717) is 23.3 Å². The number of carbonyl (C=O) groups is 1. The number of rotatable bonds is 4. The van der Waals surface area contributed by atoms with Crippen molar-refractivity contribution in [2.45, 2.75) is 44.4 Å². The molecule has 2 heterocycles. The molecule has 1 atom stereocenters. The molecule has 1 spiro atoms. The normalized spacial score (nSPS) is 26.0. The van der Waals surface area contributed by atoms with E-state index < -0.39 is 0 Å². The van der Waals surface area contributed by atoms with Gasteiger partial charge in [0.05, 0.1) is 5.52 Å². The number of aromatic nitrogens is 2. The third-order valence-corrected chi connectivity index (χ3v) is 7.13. The van der Waals surface area contributed by atoms with Crippen LogP contribution in [-0.2, 0) is 11.2 Å². The van der Waals surface area contributed by atoms with Crippen LogP contribution in [0.1, 0.15) is 49.1 Å². The van der Waals surface area contributed by atoms with Crippen LogP contribution in [0.3, 0.4) is 0 Å². The number of hydrogen-bond acceptors (Lipinski definition) is 3. The number of halogens is 2. The van der Waals surface area contributed by atoms with Crippen LogP contribution >= 0.6 is 11.6 Å². The van der Waals surface area contributed by atoms with Crippen molar-refractivity contribution in [3.63, 3.8) is 0 Å². The number of pyridine rings is 2. The number of carbonyl (C=O) groups excluding carboxylic acids is 1. The molecular formula is C24H22ClFN2O. The summed E-state index contributed by atoms with van der Waals surface area (Å²) < 4.78 is 13.8. The van der Waals surface area contributed by atoms with E-state index in [2.05, 4.69) is 9.97 Å². The number of hydrogen-bond donors (Lipinski definition) is 0. The van der Waals surface area contributed by atoms with Crippen molar-refractivity contribution in [1.82, 2.24) is 9.97 Å². The second-order valence-corrected chi connectivity index (χ2v) is 8.97. The third kappa shape index (κ3) is 3.55. The molecule has 2 fully saturated rings. The monoisotopic (exact) mass is 408 g/mol. The Morgan fingerprint density at radius 1 is 1.14 bits per heavy atom. The first-order chi connectivity index (χ1) is 14.0. The predicted octanol–water partition coefficient (Wildman–Crippen LogP) is 5.90. The fraction of sp³-hybridized carbons (Fsp3) is 0.375. The van der Waals surface area contributed by atoms with Crippen LogP contribution in [0.25, 0.3) is 10.9 Å². The van der Waals surface area contributed by atoms with Crippen LogP contribution in [0.5, 0.6) is 0 Å². The Balaban J connectivity index is 1.26. The Morgan fingerprint density at radius 2 is 1.97 bits per heavy atom. The quantitative estimate of drug-likeness (QED) is 0.505. The van der Waals surface area contributed by atoms with Crippen LogP contribution in [-0.4, -0.2) is 15.8 Å². The highest BCUT2D eigenvalue weighted by molar-refractivity contribution is 6.29. The molecule has 0 saturated heterocycles. The van der Waals surface area contributed by atoms with E-state index in [9.17, 15) is 9.18 Å². The van der Waals surface area contributed by atoms with Gasteiger partial charge in [0.2, 0.25) is 0 Å². The first kappa shape index (κ1) is 18.7. The summed E-state index contributed by atoms with van der Waals surface area (Å²) in [6.07, 6.45) is 9.17. The number of fused-ring (bicyclic) bond motifs is 1. The minimum Gasteiger partial charge on any atom is -0.299 e. The van der Waals surface area contributed by atoms with Crippen molar-refractivity contribution in [3.8, 4) is 0 Å². The Kier molecular flexibility index (Phi) is 4.62. The molecule has 0 amide bonds. The number of benzene rings is 1. The van der Waals surface area contributed by atoms with Crippen LogP contribution in [0.15, 0.2) is 48.8 Å². The van der Waals surface area contributed by atoms with Gasteiger partial charge in [0.15, 0.2) is 0 Å². The lowest BCUT2D eigenvalue weighted by molar-refractivity contribution is -0.120. The van der Waals surface area contributed by atoms with Crippen molar-refractivity contribution in [1.29, 1.82) is 0 Å².